The maximum absolute atomic E-state index is 14.1. The van der Waals surface area contributed by atoms with Gasteiger partial charge < -0.3 is 15.4 Å². The van der Waals surface area contributed by atoms with Crippen molar-refractivity contribution in [1.82, 2.24) is 13.9 Å². The molecule has 2 atom stereocenters. The lowest BCUT2D eigenvalue weighted by molar-refractivity contribution is -0.138. The van der Waals surface area contributed by atoms with E-state index in [0.717, 1.165) is 28.0 Å². The lowest BCUT2D eigenvalue weighted by atomic mass is 9.76. The average Bonchev–Trinajstić information content (AvgIpc) is 3.34. The highest BCUT2D eigenvalue weighted by molar-refractivity contribution is 6.45. The number of nitrogens with one attached hydrogen (secondary N) is 2. The molecule has 0 aliphatic rings. The second-order valence-corrected chi connectivity index (χ2v) is 16.7. The van der Waals surface area contributed by atoms with Crippen LogP contribution in [0.4, 0.5) is 11.4 Å². The van der Waals surface area contributed by atoms with Crippen LogP contribution >= 0.6 is 11.6 Å². The Morgan fingerprint density at radius 1 is 0.811 bits per heavy atom. The van der Waals surface area contributed by atoms with Crippen LogP contribution in [0.1, 0.15) is 99.6 Å². The molecule has 4 rings (SSSR count). The van der Waals surface area contributed by atoms with Crippen molar-refractivity contribution in [3.63, 3.8) is 0 Å². The van der Waals surface area contributed by atoms with Crippen molar-refractivity contribution in [2.45, 2.75) is 110 Å². The molecule has 286 valence electrons. The van der Waals surface area contributed by atoms with Gasteiger partial charge >= 0.3 is 11.4 Å². The number of Topliss-reactive ketones (excluding diaryl/α,β-unsaturated/α-hetero) is 1. The Morgan fingerprint density at radius 3 is 2.04 bits per heavy atom. The highest BCUT2D eigenvalue weighted by Crippen LogP contribution is 2.39. The number of ether oxygens (including phenoxy) is 1. The molecule has 0 aliphatic heterocycles. The summed E-state index contributed by atoms with van der Waals surface area (Å²) in [4.78, 5) is 52.7. The Balaban J connectivity index is 1.53. The molecule has 1 aromatic heterocycles. The molecular formula is C42H56ClN5O5. The van der Waals surface area contributed by atoms with E-state index in [0.29, 0.717) is 34.6 Å². The number of hydrogen-bond donors (Lipinski definition) is 2. The van der Waals surface area contributed by atoms with E-state index in [-0.39, 0.29) is 16.9 Å². The number of hydrogen-bond acceptors (Lipinski definition) is 6. The number of aromatic nitrogens is 3. The van der Waals surface area contributed by atoms with Crippen LogP contribution in [0.15, 0.2) is 82.4 Å². The highest BCUT2D eigenvalue weighted by Gasteiger charge is 2.53. The summed E-state index contributed by atoms with van der Waals surface area (Å²) in [6.07, 6.45) is 2.62. The zero-order valence-electron chi connectivity index (χ0n) is 33.1. The van der Waals surface area contributed by atoms with E-state index in [2.05, 4.69) is 77.3 Å². The van der Waals surface area contributed by atoms with Crippen molar-refractivity contribution in [2.24, 2.45) is 12.5 Å². The van der Waals surface area contributed by atoms with Crippen LogP contribution in [0.3, 0.4) is 0 Å². The van der Waals surface area contributed by atoms with E-state index in [9.17, 15) is 19.2 Å². The molecule has 0 aliphatic carbocycles. The third-order valence-corrected chi connectivity index (χ3v) is 10.8. The standard InChI is InChI=1S/C42H56ClN5O5/c1-12-40(7,8)29-22-23-34(33(26-29)41(9,10)13-2)53-28(3)24-25-44-30-18-17-19-31(27-30)45-36(50)42(43,35(49)39(4,5)6)47-37(51)46(11)48(38(47)52)32-20-15-14-16-21-32/h14-23,26-28,44H,12-13,24-25H2,1-11H3,(H,45,50). The Bertz CT molecular complexity index is 2050. The Labute approximate surface area is 318 Å². The maximum atomic E-state index is 14.1. The summed E-state index contributed by atoms with van der Waals surface area (Å²) >= 11 is 6.94. The summed E-state index contributed by atoms with van der Waals surface area (Å²) in [7, 11) is 1.37. The second kappa shape index (κ2) is 15.8. The fourth-order valence-electron chi connectivity index (χ4n) is 6.05. The van der Waals surface area contributed by atoms with Crippen LogP contribution in [0.25, 0.3) is 5.69 Å². The highest BCUT2D eigenvalue weighted by atomic mass is 35.5. The molecule has 1 heterocycles. The molecule has 11 heteroatoms. The van der Waals surface area contributed by atoms with Gasteiger partial charge in [-0.25, -0.2) is 18.8 Å². The van der Waals surface area contributed by atoms with Gasteiger partial charge in [-0.05, 0) is 72.6 Å². The van der Waals surface area contributed by atoms with Crippen molar-refractivity contribution in [1.29, 1.82) is 0 Å². The first-order chi connectivity index (χ1) is 24.7. The number of anilines is 2. The second-order valence-electron chi connectivity index (χ2n) is 16.1. The Hall–Kier alpha value is -4.57. The van der Waals surface area contributed by atoms with E-state index in [1.165, 1.54) is 18.2 Å². The number of nitrogens with zero attached hydrogens (tertiary/aromatic N) is 3. The number of rotatable bonds is 15. The molecule has 0 spiro atoms. The first-order valence-corrected chi connectivity index (χ1v) is 18.7. The minimum atomic E-state index is -2.68. The van der Waals surface area contributed by atoms with E-state index in [1.807, 2.05) is 6.07 Å². The van der Waals surface area contributed by atoms with Gasteiger partial charge in [0.1, 0.15) is 5.75 Å². The first kappa shape index (κ1) is 41.2. The molecule has 10 nitrogen and oxygen atoms in total. The third kappa shape index (κ3) is 8.64. The predicted octanol–water partition coefficient (Wildman–Crippen LogP) is 8.13. The smallest absolute Gasteiger partial charge is 0.354 e. The minimum absolute atomic E-state index is 0.0529. The van der Waals surface area contributed by atoms with Gasteiger partial charge in [0.15, 0.2) is 5.78 Å². The summed E-state index contributed by atoms with van der Waals surface area (Å²) < 4.78 is 9.17. The summed E-state index contributed by atoms with van der Waals surface area (Å²) in [5, 5.41) is 6.09. The molecule has 4 aromatic rings. The van der Waals surface area contributed by atoms with Crippen molar-refractivity contribution in [3.8, 4) is 11.4 Å². The van der Waals surface area contributed by atoms with Gasteiger partial charge in [-0.2, -0.15) is 4.68 Å². The van der Waals surface area contributed by atoms with Gasteiger partial charge in [0.05, 0.1) is 11.8 Å². The lowest BCUT2D eigenvalue weighted by Gasteiger charge is -2.31. The fraction of sp³-hybridized carbons (Fsp3) is 0.476. The zero-order valence-corrected chi connectivity index (χ0v) is 33.9. The Kier molecular flexibility index (Phi) is 12.3. The first-order valence-electron chi connectivity index (χ1n) is 18.4. The SMILES string of the molecule is CCC(C)(C)c1ccc(OC(C)CCNc2cccc(NC(=O)C(Cl)(C(=O)C(C)(C)C)n3c(=O)n(C)n(-c4ccccc4)c3=O)c2)c(C(C)(C)CC)c1. The number of carbonyl (C=O) groups excluding carboxylic acids is 2. The normalized spacial score (nSPS) is 14.0. The number of ketones is 1. The van der Waals surface area contributed by atoms with Gasteiger partial charge in [-0.1, -0.05) is 110 Å². The van der Waals surface area contributed by atoms with E-state index < -0.39 is 33.5 Å². The van der Waals surface area contributed by atoms with Crippen LogP contribution in [-0.4, -0.2) is 38.3 Å². The summed E-state index contributed by atoms with van der Waals surface area (Å²) in [6.45, 7) is 20.8. The van der Waals surface area contributed by atoms with Crippen molar-refractivity contribution >= 4 is 34.7 Å². The van der Waals surface area contributed by atoms with Crippen LogP contribution < -0.4 is 26.7 Å². The van der Waals surface area contributed by atoms with E-state index >= 15 is 0 Å². The number of alkyl halides is 1. The molecule has 0 radical (unpaired) electrons. The number of amides is 1. The van der Waals surface area contributed by atoms with Gasteiger partial charge in [-0.15, -0.1) is 0 Å². The summed E-state index contributed by atoms with van der Waals surface area (Å²) in [6, 6.07) is 22.0. The van der Waals surface area contributed by atoms with Crippen LogP contribution in [0, 0.1) is 5.41 Å². The molecule has 0 saturated heterocycles. The largest absolute Gasteiger partial charge is 0.490 e. The van der Waals surface area contributed by atoms with E-state index in [1.54, 1.807) is 69.3 Å². The zero-order chi connectivity index (χ0) is 39.5. The van der Waals surface area contributed by atoms with Gasteiger partial charge in [0.2, 0.25) is 0 Å². The average molecular weight is 746 g/mol. The number of carbonyl (C=O) groups is 2. The summed E-state index contributed by atoms with van der Waals surface area (Å²) in [5.74, 6) is -0.943. The maximum Gasteiger partial charge on any atom is 0.354 e. The molecule has 2 unspecified atom stereocenters. The molecule has 3 aromatic carbocycles. The lowest BCUT2D eigenvalue weighted by Crippen LogP contribution is -2.58. The molecule has 1 amide bonds. The summed E-state index contributed by atoms with van der Waals surface area (Å²) in [5.41, 5.74) is 0.894. The van der Waals surface area contributed by atoms with Gasteiger partial charge in [-0.3, -0.25) is 9.59 Å². The molecule has 0 bridgehead atoms. The van der Waals surface area contributed by atoms with Crippen molar-refractivity contribution in [2.75, 3.05) is 17.2 Å². The van der Waals surface area contributed by atoms with Crippen LogP contribution in [0.2, 0.25) is 0 Å². The van der Waals surface area contributed by atoms with Crippen molar-refractivity contribution in [3.05, 3.63) is 105 Å². The predicted molar refractivity (Wildman–Crippen MR) is 215 cm³/mol. The number of para-hydroxylation sites is 1. The molecule has 0 fully saturated rings. The quantitative estimate of drug-likeness (QED) is 0.0938. The monoisotopic (exact) mass is 745 g/mol. The molecule has 53 heavy (non-hydrogen) atoms. The number of benzene rings is 3. The Morgan fingerprint density at radius 2 is 1.43 bits per heavy atom. The molecular weight excluding hydrogens is 690 g/mol. The fourth-order valence-corrected chi connectivity index (χ4v) is 6.52. The van der Waals surface area contributed by atoms with Crippen molar-refractivity contribution < 1.29 is 14.3 Å². The van der Waals surface area contributed by atoms with Gasteiger partial charge in [0, 0.05) is 42.4 Å². The topological polar surface area (TPSA) is 116 Å². The third-order valence-electron chi connectivity index (χ3n) is 10.3. The molecule has 0 saturated carbocycles. The number of halogens is 1. The van der Waals surface area contributed by atoms with Gasteiger partial charge in [0.25, 0.3) is 10.9 Å². The van der Waals surface area contributed by atoms with E-state index in [4.69, 9.17) is 16.3 Å². The molecule has 2 N–H and O–H groups in total. The minimum Gasteiger partial charge on any atom is -0.490 e. The van der Waals surface area contributed by atoms with Crippen LogP contribution in [0.5, 0.6) is 5.75 Å². The van der Waals surface area contributed by atoms with Crippen LogP contribution in [-0.2, 0) is 32.5 Å².